The summed E-state index contributed by atoms with van der Waals surface area (Å²) in [6, 6.07) is 6.00. The molecule has 0 atom stereocenters. The van der Waals surface area contributed by atoms with E-state index in [1.165, 1.54) is 6.07 Å². The van der Waals surface area contributed by atoms with Crippen LogP contribution in [0.2, 0.25) is 0 Å². The predicted molar refractivity (Wildman–Crippen MR) is 82.9 cm³/mol. The number of hydrogen-bond acceptors (Lipinski definition) is 5. The SMILES string of the molecule is Cc1cc(C)c(C=O)c(O)c1.Cc1cc(O)cc(O)c1C=O. The Hall–Kier alpha value is -2.82. The van der Waals surface area contributed by atoms with Gasteiger partial charge in [0.2, 0.25) is 0 Å². The highest BCUT2D eigenvalue weighted by atomic mass is 16.3. The van der Waals surface area contributed by atoms with Crippen LogP contribution < -0.4 is 0 Å². The molecule has 22 heavy (non-hydrogen) atoms. The van der Waals surface area contributed by atoms with E-state index in [0.717, 1.165) is 17.2 Å². The van der Waals surface area contributed by atoms with Gasteiger partial charge in [0.25, 0.3) is 0 Å². The van der Waals surface area contributed by atoms with E-state index in [0.29, 0.717) is 23.7 Å². The molecule has 0 bridgehead atoms. The van der Waals surface area contributed by atoms with Crippen molar-refractivity contribution in [2.45, 2.75) is 20.8 Å². The molecule has 2 aromatic carbocycles. The fourth-order valence-electron chi connectivity index (χ4n) is 2.02. The summed E-state index contributed by atoms with van der Waals surface area (Å²) in [4.78, 5) is 20.7. The van der Waals surface area contributed by atoms with Crippen molar-refractivity contribution in [1.82, 2.24) is 0 Å². The average Bonchev–Trinajstić information content (AvgIpc) is 2.38. The number of phenolic OH excluding ortho intramolecular Hbond substituents is 3. The Morgan fingerprint density at radius 1 is 0.727 bits per heavy atom. The Labute approximate surface area is 128 Å². The topological polar surface area (TPSA) is 94.8 Å². The highest BCUT2D eigenvalue weighted by Gasteiger charge is 2.04. The summed E-state index contributed by atoms with van der Waals surface area (Å²) < 4.78 is 0. The number of hydrogen-bond donors (Lipinski definition) is 3. The van der Waals surface area contributed by atoms with Crippen LogP contribution >= 0.6 is 0 Å². The monoisotopic (exact) mass is 302 g/mol. The molecule has 0 amide bonds. The van der Waals surface area contributed by atoms with Gasteiger partial charge in [-0.15, -0.1) is 0 Å². The van der Waals surface area contributed by atoms with Gasteiger partial charge in [0.1, 0.15) is 17.2 Å². The second-order valence-corrected chi connectivity index (χ2v) is 4.95. The van der Waals surface area contributed by atoms with Gasteiger partial charge in [0.05, 0.1) is 11.1 Å². The normalized spacial score (nSPS) is 9.59. The van der Waals surface area contributed by atoms with Gasteiger partial charge >= 0.3 is 0 Å². The lowest BCUT2D eigenvalue weighted by atomic mass is 10.1. The molecule has 0 spiro atoms. The molecule has 0 unspecified atom stereocenters. The first-order chi connectivity index (χ1) is 10.3. The first kappa shape index (κ1) is 17.2. The summed E-state index contributed by atoms with van der Waals surface area (Å²) in [6.07, 6.45) is 1.23. The lowest BCUT2D eigenvalue weighted by Gasteiger charge is -2.02. The van der Waals surface area contributed by atoms with Crippen LogP contribution in [0.25, 0.3) is 0 Å². The molecule has 0 saturated heterocycles. The second-order valence-electron chi connectivity index (χ2n) is 4.95. The zero-order chi connectivity index (χ0) is 16.9. The number of benzene rings is 2. The molecule has 5 nitrogen and oxygen atoms in total. The lowest BCUT2D eigenvalue weighted by molar-refractivity contribution is 0.111. The van der Waals surface area contributed by atoms with E-state index in [1.54, 1.807) is 19.9 Å². The third kappa shape index (κ3) is 4.09. The fourth-order valence-corrected chi connectivity index (χ4v) is 2.02. The smallest absolute Gasteiger partial charge is 0.154 e. The molecular formula is C17H18O5. The van der Waals surface area contributed by atoms with Crippen molar-refractivity contribution in [2.24, 2.45) is 0 Å². The molecule has 2 aromatic rings. The van der Waals surface area contributed by atoms with Crippen molar-refractivity contribution in [2.75, 3.05) is 0 Å². The average molecular weight is 302 g/mol. The maximum absolute atomic E-state index is 10.4. The molecular weight excluding hydrogens is 284 g/mol. The third-order valence-corrected chi connectivity index (χ3v) is 3.09. The van der Waals surface area contributed by atoms with E-state index < -0.39 is 0 Å². The molecule has 0 aromatic heterocycles. The van der Waals surface area contributed by atoms with Gasteiger partial charge in [0, 0.05) is 6.07 Å². The van der Waals surface area contributed by atoms with Crippen LogP contribution in [0.5, 0.6) is 17.2 Å². The Bertz CT molecular complexity index is 597. The van der Waals surface area contributed by atoms with E-state index in [2.05, 4.69) is 0 Å². The van der Waals surface area contributed by atoms with Gasteiger partial charge in [0.15, 0.2) is 12.6 Å². The quantitative estimate of drug-likeness (QED) is 0.741. The van der Waals surface area contributed by atoms with Crippen LogP contribution in [-0.4, -0.2) is 27.9 Å². The summed E-state index contributed by atoms with van der Waals surface area (Å²) in [5.74, 6) is -0.152. The molecule has 0 radical (unpaired) electrons. The molecule has 0 heterocycles. The van der Waals surface area contributed by atoms with Gasteiger partial charge in [-0.05, 0) is 49.6 Å². The Morgan fingerprint density at radius 2 is 1.18 bits per heavy atom. The van der Waals surface area contributed by atoms with Crippen molar-refractivity contribution >= 4 is 12.6 Å². The van der Waals surface area contributed by atoms with E-state index in [-0.39, 0.29) is 22.8 Å². The van der Waals surface area contributed by atoms with Gasteiger partial charge < -0.3 is 15.3 Å². The Balaban J connectivity index is 0.000000220. The van der Waals surface area contributed by atoms with Crippen molar-refractivity contribution in [3.05, 3.63) is 52.1 Å². The van der Waals surface area contributed by atoms with Gasteiger partial charge in [-0.3, -0.25) is 9.59 Å². The molecule has 0 aliphatic rings. The standard InChI is InChI=1S/C9H10O2.C8H8O3/c1-6-3-7(2)8(5-10)9(11)4-6;1-5-2-6(10)3-8(11)7(5)4-9/h3-5,11H,1-2H3;2-4,10-11H,1H3. The Morgan fingerprint density at radius 3 is 1.59 bits per heavy atom. The minimum absolute atomic E-state index is 0.0365. The number of carbonyl (C=O) groups excluding carboxylic acids is 2. The number of carbonyl (C=O) groups is 2. The molecule has 0 aliphatic carbocycles. The summed E-state index contributed by atoms with van der Waals surface area (Å²) >= 11 is 0. The highest BCUT2D eigenvalue weighted by molar-refractivity contribution is 5.82. The van der Waals surface area contributed by atoms with Crippen LogP contribution in [0.15, 0.2) is 24.3 Å². The van der Waals surface area contributed by atoms with Crippen molar-refractivity contribution < 1.29 is 24.9 Å². The number of aldehydes is 2. The van der Waals surface area contributed by atoms with Crippen LogP contribution in [0.4, 0.5) is 0 Å². The summed E-state index contributed by atoms with van der Waals surface area (Å²) in [7, 11) is 0. The van der Waals surface area contributed by atoms with E-state index in [9.17, 15) is 14.7 Å². The maximum atomic E-state index is 10.4. The Kier molecular flexibility index (Phi) is 5.69. The predicted octanol–water partition coefficient (Wildman–Crippen LogP) is 3.04. The molecule has 3 N–H and O–H groups in total. The molecule has 5 heteroatoms. The fraction of sp³-hybridized carbons (Fsp3) is 0.176. The van der Waals surface area contributed by atoms with Crippen LogP contribution in [0.1, 0.15) is 37.4 Å². The van der Waals surface area contributed by atoms with Crippen LogP contribution in [0.3, 0.4) is 0 Å². The van der Waals surface area contributed by atoms with Crippen LogP contribution in [-0.2, 0) is 0 Å². The largest absolute Gasteiger partial charge is 0.508 e. The number of aryl methyl sites for hydroxylation is 3. The lowest BCUT2D eigenvalue weighted by Crippen LogP contribution is -1.88. The number of phenols is 3. The maximum Gasteiger partial charge on any atom is 0.154 e. The molecule has 0 fully saturated rings. The summed E-state index contributed by atoms with van der Waals surface area (Å²) in [5, 5.41) is 27.3. The zero-order valence-electron chi connectivity index (χ0n) is 12.6. The van der Waals surface area contributed by atoms with E-state index in [4.69, 9.17) is 10.2 Å². The minimum atomic E-state index is -0.183. The first-order valence-electron chi connectivity index (χ1n) is 6.53. The molecule has 2 rings (SSSR count). The highest BCUT2D eigenvalue weighted by Crippen LogP contribution is 2.24. The van der Waals surface area contributed by atoms with Crippen molar-refractivity contribution in [1.29, 1.82) is 0 Å². The first-order valence-corrected chi connectivity index (χ1v) is 6.53. The van der Waals surface area contributed by atoms with Gasteiger partial charge in [-0.25, -0.2) is 0 Å². The second kappa shape index (κ2) is 7.26. The van der Waals surface area contributed by atoms with E-state index >= 15 is 0 Å². The van der Waals surface area contributed by atoms with Crippen LogP contribution in [0, 0.1) is 20.8 Å². The number of aromatic hydroxyl groups is 3. The van der Waals surface area contributed by atoms with Crippen molar-refractivity contribution in [3.8, 4) is 17.2 Å². The zero-order valence-corrected chi connectivity index (χ0v) is 12.6. The minimum Gasteiger partial charge on any atom is -0.508 e. The van der Waals surface area contributed by atoms with E-state index in [1.807, 2.05) is 13.0 Å². The third-order valence-electron chi connectivity index (χ3n) is 3.09. The van der Waals surface area contributed by atoms with Gasteiger partial charge in [-0.1, -0.05) is 6.07 Å². The number of rotatable bonds is 2. The van der Waals surface area contributed by atoms with Gasteiger partial charge in [-0.2, -0.15) is 0 Å². The van der Waals surface area contributed by atoms with Crippen molar-refractivity contribution in [3.63, 3.8) is 0 Å². The molecule has 0 aliphatic heterocycles. The molecule has 0 saturated carbocycles. The summed E-state index contributed by atoms with van der Waals surface area (Å²) in [6.45, 7) is 5.32. The summed E-state index contributed by atoms with van der Waals surface area (Å²) in [5.41, 5.74) is 2.96. The molecule has 116 valence electrons.